The molecule has 0 saturated carbocycles. The second-order valence-corrected chi connectivity index (χ2v) is 9.25. The third-order valence-corrected chi connectivity index (χ3v) is 6.48. The fourth-order valence-electron chi connectivity index (χ4n) is 4.50. The molecule has 3 aromatic carbocycles. The first-order valence-corrected chi connectivity index (χ1v) is 12.0. The van der Waals surface area contributed by atoms with E-state index in [1.54, 1.807) is 30.5 Å². The van der Waals surface area contributed by atoms with Gasteiger partial charge < -0.3 is 10.3 Å². The van der Waals surface area contributed by atoms with Gasteiger partial charge >= 0.3 is 0 Å². The second kappa shape index (κ2) is 10.7. The molecular formula is C29H20ClF4N3O. The van der Waals surface area contributed by atoms with E-state index in [2.05, 4.69) is 15.3 Å². The summed E-state index contributed by atoms with van der Waals surface area (Å²) in [7, 11) is 0. The van der Waals surface area contributed by atoms with Crippen LogP contribution in [0, 0.1) is 23.3 Å². The quantitative estimate of drug-likeness (QED) is 0.218. The number of hydrogen-bond acceptors (Lipinski definition) is 2. The van der Waals surface area contributed by atoms with Gasteiger partial charge in [-0.2, -0.15) is 0 Å². The van der Waals surface area contributed by atoms with Crippen molar-refractivity contribution in [2.24, 2.45) is 0 Å². The Labute approximate surface area is 220 Å². The first kappa shape index (κ1) is 25.5. The van der Waals surface area contributed by atoms with Crippen LogP contribution in [0.3, 0.4) is 0 Å². The number of aromatic nitrogens is 2. The van der Waals surface area contributed by atoms with Crippen LogP contribution in [-0.2, 0) is 17.6 Å². The van der Waals surface area contributed by atoms with Gasteiger partial charge in [-0.25, -0.2) is 17.6 Å². The molecule has 0 saturated heterocycles. The summed E-state index contributed by atoms with van der Waals surface area (Å²) in [5.74, 6) is -2.99. The highest BCUT2D eigenvalue weighted by atomic mass is 35.5. The number of pyridine rings is 1. The van der Waals surface area contributed by atoms with Crippen molar-refractivity contribution in [1.29, 1.82) is 0 Å². The maximum absolute atomic E-state index is 14.3. The SMILES string of the molecule is O=C(Cc1c[nH]c2ccc(F)cc12)N[C@@H](Cc1cc(F)cc(F)c1)c1ncccc1-c1ccc(Cl)c(F)c1. The fourth-order valence-corrected chi connectivity index (χ4v) is 4.62. The molecule has 0 spiro atoms. The van der Waals surface area contributed by atoms with Crippen molar-refractivity contribution >= 4 is 28.4 Å². The number of carbonyl (C=O) groups excluding carboxylic acids is 1. The van der Waals surface area contributed by atoms with Crippen LogP contribution >= 0.6 is 11.6 Å². The zero-order valence-corrected chi connectivity index (χ0v) is 20.5. The maximum Gasteiger partial charge on any atom is 0.225 e. The van der Waals surface area contributed by atoms with E-state index >= 15 is 0 Å². The smallest absolute Gasteiger partial charge is 0.225 e. The van der Waals surface area contributed by atoms with Crippen molar-refractivity contribution in [3.05, 3.63) is 124 Å². The van der Waals surface area contributed by atoms with Crippen LogP contribution in [0.2, 0.25) is 5.02 Å². The van der Waals surface area contributed by atoms with Crippen molar-refractivity contribution in [1.82, 2.24) is 15.3 Å². The van der Waals surface area contributed by atoms with Gasteiger partial charge in [-0.3, -0.25) is 9.78 Å². The molecule has 5 aromatic rings. The fraction of sp³-hybridized carbons (Fsp3) is 0.103. The average molecular weight is 538 g/mol. The van der Waals surface area contributed by atoms with Crippen LogP contribution in [0.1, 0.15) is 22.9 Å². The van der Waals surface area contributed by atoms with E-state index in [-0.39, 0.29) is 17.9 Å². The number of rotatable bonds is 7. The Morgan fingerprint density at radius 2 is 1.74 bits per heavy atom. The van der Waals surface area contributed by atoms with Gasteiger partial charge in [0.05, 0.1) is 23.2 Å². The lowest BCUT2D eigenvalue weighted by Gasteiger charge is -2.22. The minimum atomic E-state index is -0.833. The highest BCUT2D eigenvalue weighted by molar-refractivity contribution is 6.30. The number of amides is 1. The lowest BCUT2D eigenvalue weighted by atomic mass is 9.95. The number of benzene rings is 3. The van der Waals surface area contributed by atoms with Crippen molar-refractivity contribution in [2.45, 2.75) is 18.9 Å². The lowest BCUT2D eigenvalue weighted by Crippen LogP contribution is -2.32. The third kappa shape index (κ3) is 5.55. The van der Waals surface area contributed by atoms with Gasteiger partial charge in [0.2, 0.25) is 5.91 Å². The van der Waals surface area contributed by atoms with Crippen LogP contribution < -0.4 is 5.32 Å². The molecule has 38 heavy (non-hydrogen) atoms. The molecule has 9 heteroatoms. The standard InChI is InChI=1S/C29H20ClF4N3O/c30-24-5-3-17(11-25(24)34)22-2-1-7-35-29(22)27(10-16-8-20(32)13-21(33)9-16)37-28(38)12-18-15-36-26-6-4-19(31)14-23(18)26/h1-9,11,13-15,27,36H,10,12H2,(H,37,38)/t27-/m0/s1. The van der Waals surface area contributed by atoms with Gasteiger partial charge in [0.25, 0.3) is 0 Å². The molecule has 0 aliphatic carbocycles. The molecule has 0 radical (unpaired) electrons. The summed E-state index contributed by atoms with van der Waals surface area (Å²) in [6.45, 7) is 0. The van der Waals surface area contributed by atoms with E-state index in [0.29, 0.717) is 38.9 Å². The summed E-state index contributed by atoms with van der Waals surface area (Å²) in [6, 6.07) is 14.2. The summed E-state index contributed by atoms with van der Waals surface area (Å²) in [5.41, 5.74) is 2.90. The zero-order chi connectivity index (χ0) is 26.8. The monoisotopic (exact) mass is 537 g/mol. The van der Waals surface area contributed by atoms with Crippen molar-refractivity contribution < 1.29 is 22.4 Å². The van der Waals surface area contributed by atoms with Crippen molar-refractivity contribution in [2.75, 3.05) is 0 Å². The molecular weight excluding hydrogens is 518 g/mol. The Hall–Kier alpha value is -4.17. The predicted octanol–water partition coefficient (Wildman–Crippen LogP) is 7.08. The molecule has 5 rings (SSSR count). The van der Waals surface area contributed by atoms with Crippen LogP contribution in [0.5, 0.6) is 0 Å². The summed E-state index contributed by atoms with van der Waals surface area (Å²) in [5, 5.41) is 3.42. The Balaban J connectivity index is 1.51. The molecule has 0 bridgehead atoms. The normalized spacial score (nSPS) is 12.0. The maximum atomic E-state index is 14.3. The molecule has 1 atom stereocenters. The van der Waals surface area contributed by atoms with E-state index < -0.39 is 35.2 Å². The van der Waals surface area contributed by atoms with Crippen LogP contribution in [0.4, 0.5) is 17.6 Å². The average Bonchev–Trinajstić information content (AvgIpc) is 3.26. The number of hydrogen-bond donors (Lipinski definition) is 2. The molecule has 0 aliphatic rings. The Morgan fingerprint density at radius 1 is 0.947 bits per heavy atom. The number of nitrogens with zero attached hydrogens (tertiary/aromatic N) is 1. The topological polar surface area (TPSA) is 57.8 Å². The number of H-pyrrole nitrogens is 1. The number of fused-ring (bicyclic) bond motifs is 1. The Bertz CT molecular complexity index is 1630. The van der Waals surface area contributed by atoms with E-state index in [4.69, 9.17) is 11.6 Å². The zero-order valence-electron chi connectivity index (χ0n) is 19.7. The number of carbonyl (C=O) groups is 1. The van der Waals surface area contributed by atoms with Crippen molar-refractivity contribution in [3.63, 3.8) is 0 Å². The molecule has 0 unspecified atom stereocenters. The molecule has 4 nitrogen and oxygen atoms in total. The second-order valence-electron chi connectivity index (χ2n) is 8.85. The highest BCUT2D eigenvalue weighted by Crippen LogP contribution is 2.31. The molecule has 0 aliphatic heterocycles. The van der Waals surface area contributed by atoms with Gasteiger partial charge in [0, 0.05) is 34.9 Å². The highest BCUT2D eigenvalue weighted by Gasteiger charge is 2.22. The van der Waals surface area contributed by atoms with Gasteiger partial charge in [-0.15, -0.1) is 0 Å². The van der Waals surface area contributed by atoms with Gasteiger partial charge in [0.15, 0.2) is 0 Å². The lowest BCUT2D eigenvalue weighted by molar-refractivity contribution is -0.121. The Morgan fingerprint density at radius 3 is 2.50 bits per heavy atom. The van der Waals surface area contributed by atoms with Gasteiger partial charge in [0.1, 0.15) is 23.3 Å². The minimum absolute atomic E-state index is 0.00299. The minimum Gasteiger partial charge on any atom is -0.361 e. The van der Waals surface area contributed by atoms with Crippen LogP contribution in [0.15, 0.2) is 79.1 Å². The van der Waals surface area contributed by atoms with Gasteiger partial charge in [-0.05, 0) is 71.6 Å². The van der Waals surface area contributed by atoms with Crippen molar-refractivity contribution in [3.8, 4) is 11.1 Å². The number of halogens is 5. The predicted molar refractivity (Wildman–Crippen MR) is 138 cm³/mol. The first-order chi connectivity index (χ1) is 18.3. The Kier molecular flexibility index (Phi) is 7.15. The van der Waals surface area contributed by atoms with Gasteiger partial charge in [-0.1, -0.05) is 23.7 Å². The van der Waals surface area contributed by atoms with Crippen LogP contribution in [0.25, 0.3) is 22.0 Å². The molecule has 1 amide bonds. The molecule has 2 N–H and O–H groups in total. The van der Waals surface area contributed by atoms with E-state index in [0.717, 1.165) is 6.07 Å². The number of nitrogens with one attached hydrogen (secondary N) is 2. The molecule has 2 heterocycles. The molecule has 2 aromatic heterocycles. The van der Waals surface area contributed by atoms with E-state index in [9.17, 15) is 22.4 Å². The molecule has 0 fully saturated rings. The number of aromatic amines is 1. The summed E-state index contributed by atoms with van der Waals surface area (Å²) in [6.07, 6.45) is 3.06. The summed E-state index contributed by atoms with van der Waals surface area (Å²) < 4.78 is 56.0. The largest absolute Gasteiger partial charge is 0.361 e. The van der Waals surface area contributed by atoms with Crippen LogP contribution in [-0.4, -0.2) is 15.9 Å². The van der Waals surface area contributed by atoms with E-state index in [1.165, 1.54) is 42.6 Å². The summed E-state index contributed by atoms with van der Waals surface area (Å²) in [4.78, 5) is 20.7. The summed E-state index contributed by atoms with van der Waals surface area (Å²) >= 11 is 5.85. The first-order valence-electron chi connectivity index (χ1n) is 11.7. The molecule has 192 valence electrons. The van der Waals surface area contributed by atoms with E-state index in [1.807, 2.05) is 0 Å². The third-order valence-electron chi connectivity index (χ3n) is 6.18.